The van der Waals surface area contributed by atoms with Crippen LogP contribution in [0, 0.1) is 0 Å². The molecule has 0 aliphatic carbocycles. The predicted octanol–water partition coefficient (Wildman–Crippen LogP) is -1.50. The lowest BCUT2D eigenvalue weighted by Crippen LogP contribution is -2.69. The second kappa shape index (κ2) is 12.1. The maximum absolute atomic E-state index is 12.2. The molecule has 170 valence electrons. The number of ether oxygens (including phenoxy) is 4. The molecule has 1 aliphatic heterocycles. The summed E-state index contributed by atoms with van der Waals surface area (Å²) in [4.78, 5) is 58.6. The molecule has 0 saturated carbocycles. The summed E-state index contributed by atoms with van der Waals surface area (Å²) in [7, 11) is 0. The Labute approximate surface area is 174 Å². The van der Waals surface area contributed by atoms with Crippen molar-refractivity contribution < 1.29 is 42.9 Å². The van der Waals surface area contributed by atoms with Crippen LogP contribution < -0.4 is 16.4 Å². The molecule has 4 N–H and O–H groups in total. The first-order chi connectivity index (χ1) is 14.0. The summed E-state index contributed by atoms with van der Waals surface area (Å²) < 4.78 is 21.4. The Morgan fingerprint density at radius 1 is 0.900 bits per heavy atom. The molecule has 1 aliphatic rings. The molecule has 1 rings (SSSR count). The van der Waals surface area contributed by atoms with E-state index >= 15 is 0 Å². The Morgan fingerprint density at radius 3 is 2.00 bits per heavy atom. The van der Waals surface area contributed by atoms with Crippen molar-refractivity contribution in [2.24, 2.45) is 5.73 Å². The quantitative estimate of drug-likeness (QED) is 0.288. The van der Waals surface area contributed by atoms with Crippen LogP contribution in [0.25, 0.3) is 0 Å². The summed E-state index contributed by atoms with van der Waals surface area (Å²) in [5.41, 5.74) is 5.41. The minimum absolute atomic E-state index is 0.101. The van der Waals surface area contributed by atoms with E-state index in [1.165, 1.54) is 13.8 Å². The number of carbonyl (C=O) groups excluding carboxylic acids is 5. The van der Waals surface area contributed by atoms with Gasteiger partial charge < -0.3 is 35.3 Å². The lowest BCUT2D eigenvalue weighted by molar-refractivity contribution is -0.228. The van der Waals surface area contributed by atoms with Crippen molar-refractivity contribution in [1.82, 2.24) is 10.6 Å². The van der Waals surface area contributed by atoms with Crippen LogP contribution in [0.15, 0.2) is 0 Å². The van der Waals surface area contributed by atoms with Gasteiger partial charge in [0, 0.05) is 34.1 Å². The van der Waals surface area contributed by atoms with E-state index in [2.05, 4.69) is 10.6 Å². The highest BCUT2D eigenvalue weighted by molar-refractivity contribution is 5.77. The van der Waals surface area contributed by atoms with Crippen LogP contribution in [-0.2, 0) is 42.9 Å². The molecule has 0 aromatic carbocycles. The van der Waals surface area contributed by atoms with Crippen LogP contribution in [0.4, 0.5) is 0 Å². The second-order valence-electron chi connectivity index (χ2n) is 6.73. The fourth-order valence-corrected chi connectivity index (χ4v) is 2.95. The minimum Gasteiger partial charge on any atom is -0.463 e. The molecule has 0 aromatic heterocycles. The van der Waals surface area contributed by atoms with Gasteiger partial charge in [0.15, 0.2) is 18.4 Å². The average molecular weight is 431 g/mol. The van der Waals surface area contributed by atoms with Crippen molar-refractivity contribution in [2.45, 2.75) is 71.1 Å². The molecule has 1 heterocycles. The molecule has 2 amide bonds. The van der Waals surface area contributed by atoms with Crippen LogP contribution >= 0.6 is 0 Å². The zero-order valence-corrected chi connectivity index (χ0v) is 17.5. The first-order valence-electron chi connectivity index (χ1n) is 9.45. The number of rotatable bonds is 9. The number of nitrogens with one attached hydrogen (secondary N) is 2. The number of nitrogens with two attached hydrogens (primary N) is 1. The fourth-order valence-electron chi connectivity index (χ4n) is 2.95. The van der Waals surface area contributed by atoms with Gasteiger partial charge in [-0.25, -0.2) is 0 Å². The Bertz CT molecular complexity index is 655. The monoisotopic (exact) mass is 431 g/mol. The van der Waals surface area contributed by atoms with Gasteiger partial charge in [-0.2, -0.15) is 0 Å². The Morgan fingerprint density at radius 2 is 1.50 bits per heavy atom. The average Bonchev–Trinajstić information content (AvgIpc) is 2.62. The lowest BCUT2D eigenvalue weighted by Gasteiger charge is -2.45. The van der Waals surface area contributed by atoms with Crippen LogP contribution in [0.1, 0.15) is 40.5 Å². The van der Waals surface area contributed by atoms with E-state index in [1.54, 1.807) is 0 Å². The fraction of sp³-hybridized carbons (Fsp3) is 0.722. The highest BCUT2D eigenvalue weighted by atomic mass is 16.6. The smallest absolute Gasteiger partial charge is 0.303 e. The molecule has 1 fully saturated rings. The number of hydrogen-bond donors (Lipinski definition) is 3. The Balaban J connectivity index is 3.27. The molecule has 1 saturated heterocycles. The van der Waals surface area contributed by atoms with E-state index < -0.39 is 60.3 Å². The van der Waals surface area contributed by atoms with Crippen molar-refractivity contribution >= 4 is 29.7 Å². The van der Waals surface area contributed by atoms with Crippen molar-refractivity contribution in [2.75, 3.05) is 13.2 Å². The Hall–Kier alpha value is -2.73. The molecule has 0 bridgehead atoms. The van der Waals surface area contributed by atoms with E-state index in [9.17, 15) is 24.0 Å². The van der Waals surface area contributed by atoms with Crippen molar-refractivity contribution in [3.05, 3.63) is 0 Å². The largest absolute Gasteiger partial charge is 0.463 e. The molecular weight excluding hydrogens is 402 g/mol. The molecule has 12 nitrogen and oxygen atoms in total. The maximum atomic E-state index is 12.2. The summed E-state index contributed by atoms with van der Waals surface area (Å²) in [6, 6.07) is -1.08. The highest BCUT2D eigenvalue weighted by Crippen LogP contribution is 2.26. The number of carbonyl (C=O) groups is 5. The van der Waals surface area contributed by atoms with Crippen LogP contribution in [-0.4, -0.2) is 73.5 Å². The minimum atomic E-state index is -1.22. The van der Waals surface area contributed by atoms with Gasteiger partial charge in [0.2, 0.25) is 11.8 Å². The third-order valence-electron chi connectivity index (χ3n) is 4.03. The standard InChI is InChI=1S/C18H29N3O9/c1-9(22)20-15-17(29-12(4)25)16(28-11(3)24)13(8-27-10(2)23)30-18(15)21-14(26)6-5-7-19/h13,15-18H,5-8,19H2,1-4H3,(H,20,22)(H,21,26)/t13-,15-,16-,17-,18-/m1/s1. The highest BCUT2D eigenvalue weighted by Gasteiger charge is 2.51. The first-order valence-corrected chi connectivity index (χ1v) is 9.45. The molecule has 0 aromatic rings. The number of amides is 2. The number of esters is 3. The molecule has 12 heteroatoms. The van der Waals surface area contributed by atoms with Gasteiger partial charge in [0.1, 0.15) is 18.8 Å². The summed E-state index contributed by atoms with van der Waals surface area (Å²) in [6.07, 6.45) is -4.14. The summed E-state index contributed by atoms with van der Waals surface area (Å²) in [5.74, 6) is -2.95. The van der Waals surface area contributed by atoms with Gasteiger partial charge >= 0.3 is 17.9 Å². The van der Waals surface area contributed by atoms with Crippen molar-refractivity contribution in [3.8, 4) is 0 Å². The van der Waals surface area contributed by atoms with Gasteiger partial charge in [-0.3, -0.25) is 24.0 Å². The van der Waals surface area contributed by atoms with Crippen LogP contribution in [0.3, 0.4) is 0 Å². The maximum Gasteiger partial charge on any atom is 0.303 e. The van der Waals surface area contributed by atoms with E-state index in [4.69, 9.17) is 24.7 Å². The van der Waals surface area contributed by atoms with Gasteiger partial charge in [0.05, 0.1) is 0 Å². The molecular formula is C18H29N3O9. The van der Waals surface area contributed by atoms with Gasteiger partial charge in [-0.15, -0.1) is 0 Å². The molecule has 0 unspecified atom stereocenters. The first kappa shape index (κ1) is 25.3. The molecule has 0 spiro atoms. The van der Waals surface area contributed by atoms with Crippen LogP contribution in [0.5, 0.6) is 0 Å². The topological polar surface area (TPSA) is 172 Å². The molecule has 5 atom stereocenters. The van der Waals surface area contributed by atoms with E-state index in [0.29, 0.717) is 13.0 Å². The zero-order valence-electron chi connectivity index (χ0n) is 17.5. The zero-order chi connectivity index (χ0) is 22.8. The second-order valence-corrected chi connectivity index (χ2v) is 6.73. The summed E-state index contributed by atoms with van der Waals surface area (Å²) >= 11 is 0. The predicted molar refractivity (Wildman–Crippen MR) is 100 cm³/mol. The van der Waals surface area contributed by atoms with E-state index in [-0.39, 0.29) is 13.0 Å². The van der Waals surface area contributed by atoms with Gasteiger partial charge in [0.25, 0.3) is 0 Å². The van der Waals surface area contributed by atoms with Crippen LogP contribution in [0.2, 0.25) is 0 Å². The lowest BCUT2D eigenvalue weighted by atomic mass is 9.95. The number of hydrogen-bond acceptors (Lipinski definition) is 10. The Kier molecular flexibility index (Phi) is 10.2. The van der Waals surface area contributed by atoms with Crippen molar-refractivity contribution in [1.29, 1.82) is 0 Å². The third kappa shape index (κ3) is 8.33. The van der Waals surface area contributed by atoms with Gasteiger partial charge in [-0.05, 0) is 13.0 Å². The van der Waals surface area contributed by atoms with E-state index in [1.807, 2.05) is 0 Å². The summed E-state index contributed by atoms with van der Waals surface area (Å²) in [6.45, 7) is 4.65. The SMILES string of the molecule is CC(=O)N[C@@H]1[C@@H](OC(C)=O)[C@H](OC(C)=O)[C@@H](COC(C)=O)O[C@H]1NC(=O)CCCN. The normalized spacial score (nSPS) is 25.6. The van der Waals surface area contributed by atoms with Gasteiger partial charge in [-0.1, -0.05) is 0 Å². The third-order valence-corrected chi connectivity index (χ3v) is 4.03. The van der Waals surface area contributed by atoms with E-state index in [0.717, 1.165) is 13.8 Å². The van der Waals surface area contributed by atoms with Crippen molar-refractivity contribution in [3.63, 3.8) is 0 Å². The molecule has 30 heavy (non-hydrogen) atoms. The summed E-state index contributed by atoms with van der Waals surface area (Å²) in [5, 5.41) is 5.16. The molecule has 0 radical (unpaired) electrons.